The molecular weight excluding hydrogens is 348 g/mol. The van der Waals surface area contributed by atoms with Crippen LogP contribution in [-0.4, -0.2) is 37.2 Å². The number of benzene rings is 1. The van der Waals surface area contributed by atoms with Crippen LogP contribution < -0.4 is 10.9 Å². The number of para-hydroxylation sites is 1. The summed E-state index contributed by atoms with van der Waals surface area (Å²) in [7, 11) is 0. The van der Waals surface area contributed by atoms with Gasteiger partial charge in [-0.2, -0.15) is 4.98 Å². The summed E-state index contributed by atoms with van der Waals surface area (Å²) in [6, 6.07) is 7.21. The molecule has 0 spiro atoms. The molecule has 0 bridgehead atoms. The zero-order chi connectivity index (χ0) is 18.6. The largest absolute Gasteiger partial charge is 0.370 e. The third-order valence-corrected chi connectivity index (χ3v) is 4.52. The summed E-state index contributed by atoms with van der Waals surface area (Å²) >= 11 is 0. The maximum atomic E-state index is 12.4. The molecule has 1 atom stereocenters. The zero-order valence-corrected chi connectivity index (χ0v) is 14.7. The second-order valence-electron chi connectivity index (χ2n) is 6.46. The quantitative estimate of drug-likeness (QED) is 0.685. The lowest BCUT2D eigenvalue weighted by Gasteiger charge is -2.06. The lowest BCUT2D eigenvalue weighted by Crippen LogP contribution is -2.21. The Hall–Kier alpha value is -3.07. The third-order valence-electron chi connectivity index (χ3n) is 4.52. The molecule has 1 unspecified atom stereocenters. The van der Waals surface area contributed by atoms with Gasteiger partial charge >= 0.3 is 0 Å². The molecule has 1 fully saturated rings. The van der Waals surface area contributed by atoms with E-state index in [1.165, 1.54) is 10.9 Å². The average Bonchev–Trinajstić information content (AvgIpc) is 3.35. The van der Waals surface area contributed by atoms with Crippen LogP contribution in [-0.2, 0) is 16.1 Å². The van der Waals surface area contributed by atoms with E-state index in [0.29, 0.717) is 29.7 Å². The number of hydrogen-bond acceptors (Lipinski definition) is 6. The monoisotopic (exact) mass is 368 g/mol. The molecule has 140 valence electrons. The van der Waals surface area contributed by atoms with Crippen LogP contribution in [0.15, 0.2) is 35.4 Å². The number of fused-ring (bicyclic) bond motifs is 1. The van der Waals surface area contributed by atoms with Crippen molar-refractivity contribution in [3.05, 3.63) is 46.8 Å². The lowest BCUT2D eigenvalue weighted by molar-refractivity contribution is -0.116. The molecule has 1 aromatic carbocycles. The van der Waals surface area contributed by atoms with Crippen LogP contribution in [0, 0.1) is 0 Å². The van der Waals surface area contributed by atoms with E-state index >= 15 is 0 Å². The normalized spacial score (nSPS) is 16.7. The lowest BCUT2D eigenvalue weighted by atomic mass is 10.2. The van der Waals surface area contributed by atoms with Gasteiger partial charge in [0, 0.05) is 19.6 Å². The Morgan fingerprint density at radius 3 is 3.11 bits per heavy atom. The standard InChI is InChI=1S/C18H20N6O3/c25-15(20-18-21-16(22-23-18)14-7-4-10-27-14)8-3-9-24-11-19-13-6-2-1-5-12(13)17(24)26/h1-2,5-6,11,14H,3-4,7-10H2,(H2,20,21,22,23,25). The van der Waals surface area contributed by atoms with E-state index < -0.39 is 0 Å². The maximum Gasteiger partial charge on any atom is 0.261 e. The van der Waals surface area contributed by atoms with Crippen LogP contribution in [0.4, 0.5) is 5.95 Å². The first kappa shape index (κ1) is 17.3. The number of ether oxygens (including phenoxy) is 1. The third kappa shape index (κ3) is 3.87. The minimum atomic E-state index is -0.199. The number of hydrogen-bond donors (Lipinski definition) is 2. The SMILES string of the molecule is O=C(CCCn1cnc2ccccc2c1=O)Nc1n[nH]c(C2CCCO2)n1. The van der Waals surface area contributed by atoms with Crippen LogP contribution in [0.2, 0.25) is 0 Å². The molecule has 9 heteroatoms. The van der Waals surface area contributed by atoms with E-state index in [1.807, 2.05) is 12.1 Å². The maximum absolute atomic E-state index is 12.4. The Morgan fingerprint density at radius 1 is 1.37 bits per heavy atom. The number of aromatic amines is 1. The molecule has 9 nitrogen and oxygen atoms in total. The molecule has 3 heterocycles. The van der Waals surface area contributed by atoms with Crippen molar-refractivity contribution < 1.29 is 9.53 Å². The molecule has 1 aliphatic heterocycles. The van der Waals surface area contributed by atoms with Crippen molar-refractivity contribution in [1.29, 1.82) is 0 Å². The van der Waals surface area contributed by atoms with Crippen LogP contribution in [0.5, 0.6) is 0 Å². The topological polar surface area (TPSA) is 115 Å². The molecule has 1 saturated heterocycles. The van der Waals surface area contributed by atoms with E-state index in [4.69, 9.17) is 4.74 Å². The van der Waals surface area contributed by atoms with Gasteiger partial charge in [0.25, 0.3) is 5.56 Å². The number of nitrogens with zero attached hydrogens (tertiary/aromatic N) is 4. The highest BCUT2D eigenvalue weighted by atomic mass is 16.5. The Morgan fingerprint density at radius 2 is 2.26 bits per heavy atom. The highest BCUT2D eigenvalue weighted by molar-refractivity contribution is 5.88. The van der Waals surface area contributed by atoms with Gasteiger partial charge in [-0.05, 0) is 31.4 Å². The average molecular weight is 368 g/mol. The fourth-order valence-electron chi connectivity index (χ4n) is 3.13. The van der Waals surface area contributed by atoms with Gasteiger partial charge in [0.15, 0.2) is 5.82 Å². The van der Waals surface area contributed by atoms with Gasteiger partial charge < -0.3 is 4.74 Å². The second-order valence-corrected chi connectivity index (χ2v) is 6.46. The smallest absolute Gasteiger partial charge is 0.261 e. The van der Waals surface area contributed by atoms with Crippen LogP contribution in [0.25, 0.3) is 10.9 Å². The summed E-state index contributed by atoms with van der Waals surface area (Å²) in [6.45, 7) is 1.13. The zero-order valence-electron chi connectivity index (χ0n) is 14.7. The molecule has 4 rings (SSSR count). The summed E-state index contributed by atoms with van der Waals surface area (Å²) in [5.41, 5.74) is 0.569. The molecule has 27 heavy (non-hydrogen) atoms. The molecule has 0 aliphatic carbocycles. The Labute approximate surface area is 154 Å². The predicted octanol–water partition coefficient (Wildman–Crippen LogP) is 1.78. The van der Waals surface area contributed by atoms with Crippen molar-refractivity contribution in [2.45, 2.75) is 38.3 Å². The van der Waals surface area contributed by atoms with Gasteiger partial charge in [-0.1, -0.05) is 12.1 Å². The number of amides is 1. The fraction of sp³-hybridized carbons (Fsp3) is 0.389. The summed E-state index contributed by atoms with van der Waals surface area (Å²) in [4.78, 5) is 33.0. The van der Waals surface area contributed by atoms with Gasteiger partial charge in [0.1, 0.15) is 6.10 Å². The molecule has 0 saturated carbocycles. The first-order valence-electron chi connectivity index (χ1n) is 8.98. The molecule has 0 radical (unpaired) electrons. The summed E-state index contributed by atoms with van der Waals surface area (Å²) in [5.74, 6) is 0.682. The van der Waals surface area contributed by atoms with E-state index in [1.54, 1.807) is 12.1 Å². The van der Waals surface area contributed by atoms with E-state index in [9.17, 15) is 9.59 Å². The number of rotatable bonds is 6. The number of anilines is 1. The van der Waals surface area contributed by atoms with E-state index in [2.05, 4.69) is 25.5 Å². The molecule has 3 aromatic rings. The predicted molar refractivity (Wildman–Crippen MR) is 98.2 cm³/mol. The van der Waals surface area contributed by atoms with E-state index in [-0.39, 0.29) is 29.9 Å². The Kier molecular flexibility index (Phi) is 4.93. The highest BCUT2D eigenvalue weighted by Crippen LogP contribution is 2.26. The van der Waals surface area contributed by atoms with Gasteiger partial charge in [-0.15, -0.1) is 5.10 Å². The van der Waals surface area contributed by atoms with Crippen molar-refractivity contribution in [2.75, 3.05) is 11.9 Å². The number of aryl methyl sites for hydroxylation is 1. The number of carbonyl (C=O) groups excluding carboxylic acids is 1. The minimum Gasteiger partial charge on any atom is -0.370 e. The van der Waals surface area contributed by atoms with Crippen molar-refractivity contribution in [3.8, 4) is 0 Å². The first-order valence-corrected chi connectivity index (χ1v) is 8.98. The van der Waals surface area contributed by atoms with Gasteiger partial charge in [-0.25, -0.2) is 4.98 Å². The summed E-state index contributed by atoms with van der Waals surface area (Å²) in [5, 5.41) is 10.0. The minimum absolute atomic E-state index is 0.0737. The number of H-pyrrole nitrogens is 1. The second kappa shape index (κ2) is 7.67. The summed E-state index contributed by atoms with van der Waals surface area (Å²) in [6.07, 6.45) is 4.10. The highest BCUT2D eigenvalue weighted by Gasteiger charge is 2.21. The summed E-state index contributed by atoms with van der Waals surface area (Å²) < 4.78 is 7.05. The van der Waals surface area contributed by atoms with E-state index in [0.717, 1.165) is 19.4 Å². The molecule has 2 N–H and O–H groups in total. The van der Waals surface area contributed by atoms with Gasteiger partial charge in [0.05, 0.1) is 17.2 Å². The fourth-order valence-corrected chi connectivity index (χ4v) is 3.13. The van der Waals surface area contributed by atoms with Gasteiger partial charge in [-0.3, -0.25) is 24.6 Å². The van der Waals surface area contributed by atoms with Crippen molar-refractivity contribution >= 4 is 22.8 Å². The van der Waals surface area contributed by atoms with Crippen molar-refractivity contribution in [2.24, 2.45) is 0 Å². The van der Waals surface area contributed by atoms with Crippen LogP contribution >= 0.6 is 0 Å². The molecule has 1 aliphatic rings. The first-order chi connectivity index (χ1) is 13.2. The number of aromatic nitrogens is 5. The van der Waals surface area contributed by atoms with Crippen LogP contribution in [0.1, 0.15) is 37.6 Å². The van der Waals surface area contributed by atoms with Gasteiger partial charge in [0.2, 0.25) is 11.9 Å². The number of carbonyl (C=O) groups is 1. The van der Waals surface area contributed by atoms with Crippen LogP contribution in [0.3, 0.4) is 0 Å². The molecule has 2 aromatic heterocycles. The Bertz CT molecular complexity index is 1010. The van der Waals surface area contributed by atoms with Crippen molar-refractivity contribution in [3.63, 3.8) is 0 Å². The molecular formula is C18H20N6O3. The van der Waals surface area contributed by atoms with Crippen molar-refractivity contribution in [1.82, 2.24) is 24.7 Å². The number of nitrogens with one attached hydrogen (secondary N) is 2. The Balaban J connectivity index is 1.31. The molecule has 1 amide bonds.